The van der Waals surface area contributed by atoms with Crippen molar-refractivity contribution in [2.75, 3.05) is 13.2 Å². The summed E-state index contributed by atoms with van der Waals surface area (Å²) in [5.74, 6) is 0.760. The van der Waals surface area contributed by atoms with Crippen molar-refractivity contribution in [2.45, 2.75) is 31.8 Å². The molecule has 1 aliphatic rings. The quantitative estimate of drug-likeness (QED) is 0.802. The molecule has 0 radical (unpaired) electrons. The number of ether oxygens (including phenoxy) is 1. The normalized spacial score (nSPS) is 17.7. The molecule has 0 saturated heterocycles. The molecule has 0 aromatic heterocycles. The van der Waals surface area contributed by atoms with Gasteiger partial charge in [0.1, 0.15) is 0 Å². The van der Waals surface area contributed by atoms with Crippen LogP contribution in [0.4, 0.5) is 0 Å². The highest BCUT2D eigenvalue weighted by atomic mass is 16.5. The highest BCUT2D eigenvalue weighted by Crippen LogP contribution is 2.43. The second kappa shape index (κ2) is 4.77. The zero-order valence-corrected chi connectivity index (χ0v) is 9.28. The fraction of sp³-hybridized carbons (Fsp3) is 0.538. The Morgan fingerprint density at radius 2 is 2.13 bits per heavy atom. The van der Waals surface area contributed by atoms with E-state index in [0.29, 0.717) is 6.54 Å². The van der Waals surface area contributed by atoms with Crippen molar-refractivity contribution in [1.29, 1.82) is 0 Å². The lowest BCUT2D eigenvalue weighted by atomic mass is 9.99. The van der Waals surface area contributed by atoms with Crippen molar-refractivity contribution in [3.05, 3.63) is 35.4 Å². The van der Waals surface area contributed by atoms with Crippen LogP contribution >= 0.6 is 0 Å². The lowest BCUT2D eigenvalue weighted by molar-refractivity contribution is 0.0682. The Kier molecular flexibility index (Phi) is 3.39. The Balaban J connectivity index is 2.23. The number of hydrogen-bond acceptors (Lipinski definition) is 2. The second-order valence-corrected chi connectivity index (χ2v) is 4.08. The molecule has 1 aromatic rings. The van der Waals surface area contributed by atoms with Crippen molar-refractivity contribution in [1.82, 2.24) is 0 Å². The standard InChI is InChI=1S/C13H19NO/c1-2-15-13(9-14)12-6-4-3-5-11(12)10-7-8-10/h3-6,10,13H,2,7-9,14H2,1H3. The Hall–Kier alpha value is -0.860. The highest BCUT2D eigenvalue weighted by molar-refractivity contribution is 5.35. The van der Waals surface area contributed by atoms with Crippen LogP contribution in [-0.4, -0.2) is 13.2 Å². The predicted molar refractivity (Wildman–Crippen MR) is 61.8 cm³/mol. The third-order valence-corrected chi connectivity index (χ3v) is 2.94. The van der Waals surface area contributed by atoms with E-state index in [9.17, 15) is 0 Å². The minimum atomic E-state index is 0.0757. The fourth-order valence-electron chi connectivity index (χ4n) is 2.06. The Morgan fingerprint density at radius 3 is 2.73 bits per heavy atom. The molecule has 0 spiro atoms. The lowest BCUT2D eigenvalue weighted by Gasteiger charge is -2.18. The van der Waals surface area contributed by atoms with Gasteiger partial charge in [0.15, 0.2) is 0 Å². The topological polar surface area (TPSA) is 35.2 Å². The number of benzene rings is 1. The van der Waals surface area contributed by atoms with Crippen LogP contribution in [0.3, 0.4) is 0 Å². The largest absolute Gasteiger partial charge is 0.372 e. The van der Waals surface area contributed by atoms with E-state index in [1.165, 1.54) is 24.0 Å². The van der Waals surface area contributed by atoms with E-state index in [1.807, 2.05) is 6.92 Å². The molecule has 2 rings (SSSR count). The van der Waals surface area contributed by atoms with Crippen LogP contribution < -0.4 is 5.73 Å². The summed E-state index contributed by atoms with van der Waals surface area (Å²) < 4.78 is 5.67. The van der Waals surface area contributed by atoms with Gasteiger partial charge in [0.05, 0.1) is 6.10 Å². The molecule has 0 aliphatic heterocycles. The molecule has 1 unspecified atom stereocenters. The minimum absolute atomic E-state index is 0.0757. The van der Waals surface area contributed by atoms with E-state index in [2.05, 4.69) is 24.3 Å². The van der Waals surface area contributed by atoms with E-state index in [0.717, 1.165) is 12.5 Å². The smallest absolute Gasteiger partial charge is 0.0949 e. The first-order valence-corrected chi connectivity index (χ1v) is 5.77. The van der Waals surface area contributed by atoms with Gasteiger partial charge in [0.25, 0.3) is 0 Å². The first kappa shape index (κ1) is 10.7. The molecule has 1 aliphatic carbocycles. The van der Waals surface area contributed by atoms with Gasteiger partial charge in [-0.1, -0.05) is 24.3 Å². The Labute approximate surface area is 91.4 Å². The highest BCUT2D eigenvalue weighted by Gasteiger charge is 2.27. The molecule has 2 heteroatoms. The van der Waals surface area contributed by atoms with Crippen molar-refractivity contribution in [2.24, 2.45) is 5.73 Å². The number of nitrogens with two attached hydrogens (primary N) is 1. The molecular weight excluding hydrogens is 186 g/mol. The van der Waals surface area contributed by atoms with Gasteiger partial charge in [-0.15, -0.1) is 0 Å². The van der Waals surface area contributed by atoms with Crippen molar-refractivity contribution in [3.63, 3.8) is 0 Å². The Morgan fingerprint density at radius 1 is 1.40 bits per heavy atom. The van der Waals surface area contributed by atoms with Crippen LogP contribution in [0.15, 0.2) is 24.3 Å². The molecular formula is C13H19NO. The molecule has 0 heterocycles. The molecule has 2 nitrogen and oxygen atoms in total. The zero-order chi connectivity index (χ0) is 10.7. The third kappa shape index (κ3) is 2.39. The summed E-state index contributed by atoms with van der Waals surface area (Å²) in [5, 5.41) is 0. The molecule has 82 valence electrons. The van der Waals surface area contributed by atoms with Crippen molar-refractivity contribution < 1.29 is 4.74 Å². The monoisotopic (exact) mass is 205 g/mol. The van der Waals surface area contributed by atoms with Gasteiger partial charge >= 0.3 is 0 Å². The lowest BCUT2D eigenvalue weighted by Crippen LogP contribution is -2.17. The van der Waals surface area contributed by atoms with Crippen molar-refractivity contribution >= 4 is 0 Å². The van der Waals surface area contributed by atoms with Gasteiger partial charge < -0.3 is 10.5 Å². The van der Waals surface area contributed by atoms with E-state index in [4.69, 9.17) is 10.5 Å². The van der Waals surface area contributed by atoms with Crippen LogP contribution in [-0.2, 0) is 4.74 Å². The van der Waals surface area contributed by atoms with E-state index in [1.54, 1.807) is 0 Å². The zero-order valence-electron chi connectivity index (χ0n) is 9.28. The van der Waals surface area contributed by atoms with Gasteiger partial charge in [-0.3, -0.25) is 0 Å². The first-order chi connectivity index (χ1) is 7.36. The first-order valence-electron chi connectivity index (χ1n) is 5.77. The molecule has 15 heavy (non-hydrogen) atoms. The van der Waals surface area contributed by atoms with Gasteiger partial charge in [-0.05, 0) is 36.8 Å². The van der Waals surface area contributed by atoms with Gasteiger partial charge in [-0.2, -0.15) is 0 Å². The molecule has 1 atom stereocenters. The Bertz CT molecular complexity index is 320. The fourth-order valence-corrected chi connectivity index (χ4v) is 2.06. The van der Waals surface area contributed by atoms with Gasteiger partial charge in [0, 0.05) is 13.2 Å². The van der Waals surface area contributed by atoms with Gasteiger partial charge in [0.2, 0.25) is 0 Å². The maximum Gasteiger partial charge on any atom is 0.0949 e. The summed E-state index contributed by atoms with van der Waals surface area (Å²) in [6, 6.07) is 8.55. The molecule has 1 saturated carbocycles. The number of hydrogen-bond donors (Lipinski definition) is 1. The van der Waals surface area contributed by atoms with Crippen LogP contribution in [0, 0.1) is 0 Å². The minimum Gasteiger partial charge on any atom is -0.372 e. The summed E-state index contributed by atoms with van der Waals surface area (Å²) in [4.78, 5) is 0. The summed E-state index contributed by atoms with van der Waals surface area (Å²) in [5.41, 5.74) is 8.50. The average Bonchev–Trinajstić information content (AvgIpc) is 3.10. The molecule has 1 fully saturated rings. The van der Waals surface area contributed by atoms with Crippen LogP contribution in [0.2, 0.25) is 0 Å². The van der Waals surface area contributed by atoms with E-state index < -0.39 is 0 Å². The van der Waals surface area contributed by atoms with Crippen LogP contribution in [0.25, 0.3) is 0 Å². The van der Waals surface area contributed by atoms with E-state index in [-0.39, 0.29) is 6.10 Å². The molecule has 1 aromatic carbocycles. The van der Waals surface area contributed by atoms with Crippen LogP contribution in [0.1, 0.15) is 42.9 Å². The SMILES string of the molecule is CCOC(CN)c1ccccc1C1CC1. The van der Waals surface area contributed by atoms with Crippen LogP contribution in [0.5, 0.6) is 0 Å². The molecule has 0 bridgehead atoms. The number of rotatable bonds is 5. The maximum absolute atomic E-state index is 5.76. The second-order valence-electron chi connectivity index (χ2n) is 4.08. The molecule has 0 amide bonds. The predicted octanol–water partition coefficient (Wildman–Crippen LogP) is 2.60. The average molecular weight is 205 g/mol. The summed E-state index contributed by atoms with van der Waals surface area (Å²) in [6.45, 7) is 3.31. The summed E-state index contributed by atoms with van der Waals surface area (Å²) in [7, 11) is 0. The summed E-state index contributed by atoms with van der Waals surface area (Å²) >= 11 is 0. The van der Waals surface area contributed by atoms with Crippen molar-refractivity contribution in [3.8, 4) is 0 Å². The summed E-state index contributed by atoms with van der Waals surface area (Å²) in [6.07, 6.45) is 2.72. The van der Waals surface area contributed by atoms with E-state index >= 15 is 0 Å². The van der Waals surface area contributed by atoms with Gasteiger partial charge in [-0.25, -0.2) is 0 Å². The maximum atomic E-state index is 5.76. The molecule has 2 N–H and O–H groups in total. The third-order valence-electron chi connectivity index (χ3n) is 2.94.